The average Bonchev–Trinajstić information content (AvgIpc) is 1.89. The molecule has 1 amide bonds. The zero-order chi connectivity index (χ0) is 7.82. The minimum atomic E-state index is 0.0240. The number of carbonyl (C=O) groups is 1. The predicted octanol–water partition coefficient (Wildman–Crippen LogP) is 0.832. The van der Waals surface area contributed by atoms with E-state index >= 15 is 0 Å². The van der Waals surface area contributed by atoms with E-state index in [1.165, 1.54) is 0 Å². The van der Waals surface area contributed by atoms with E-state index in [1.807, 2.05) is 13.8 Å². The minimum Gasteiger partial charge on any atom is -0.274 e. The van der Waals surface area contributed by atoms with E-state index in [1.54, 1.807) is 0 Å². The van der Waals surface area contributed by atoms with E-state index in [-0.39, 0.29) is 5.91 Å². The Morgan fingerprint density at radius 3 is 2.60 bits per heavy atom. The van der Waals surface area contributed by atoms with Crippen LogP contribution in [0.25, 0.3) is 0 Å². The molecule has 0 fully saturated rings. The van der Waals surface area contributed by atoms with E-state index in [0.717, 1.165) is 19.4 Å². The fraction of sp³-hybridized carbons (Fsp3) is 0.857. The standard InChI is InChI=1S/C7H15N2O/c1-3-5-7(10)9-8-6-4-2/h3-6H2,1-2H3,(H,9,10). The number of amides is 1. The molecule has 0 heterocycles. The third kappa shape index (κ3) is 5.56. The smallest absolute Gasteiger partial charge is 0.235 e. The van der Waals surface area contributed by atoms with Crippen LogP contribution in [0, 0.1) is 0 Å². The van der Waals surface area contributed by atoms with Gasteiger partial charge >= 0.3 is 0 Å². The molecule has 59 valence electrons. The second-order valence-corrected chi connectivity index (χ2v) is 2.17. The van der Waals surface area contributed by atoms with Crippen molar-refractivity contribution < 1.29 is 4.79 Å². The van der Waals surface area contributed by atoms with Crippen molar-refractivity contribution in [3.05, 3.63) is 0 Å². The number of hydrogen-bond acceptors (Lipinski definition) is 1. The molecule has 0 aromatic rings. The summed E-state index contributed by atoms with van der Waals surface area (Å²) < 4.78 is 0. The Hall–Kier alpha value is -0.570. The summed E-state index contributed by atoms with van der Waals surface area (Å²) in [6.07, 6.45) is 2.44. The summed E-state index contributed by atoms with van der Waals surface area (Å²) in [5.74, 6) is 0.0240. The summed E-state index contributed by atoms with van der Waals surface area (Å²) in [6, 6.07) is 0. The van der Waals surface area contributed by atoms with Crippen molar-refractivity contribution in [2.24, 2.45) is 0 Å². The third-order valence-electron chi connectivity index (χ3n) is 1.02. The van der Waals surface area contributed by atoms with Crippen molar-refractivity contribution in [2.45, 2.75) is 33.1 Å². The van der Waals surface area contributed by atoms with Gasteiger partial charge in [0.2, 0.25) is 5.91 Å². The molecule has 3 heteroatoms. The number of nitrogens with zero attached hydrogens (tertiary/aromatic N) is 1. The molecule has 0 unspecified atom stereocenters. The van der Waals surface area contributed by atoms with Crippen LogP contribution in [0.4, 0.5) is 0 Å². The monoisotopic (exact) mass is 143 g/mol. The molecular weight excluding hydrogens is 128 g/mol. The van der Waals surface area contributed by atoms with Crippen LogP contribution in [0.3, 0.4) is 0 Å². The van der Waals surface area contributed by atoms with Gasteiger partial charge in [-0.3, -0.25) is 10.2 Å². The quantitative estimate of drug-likeness (QED) is 0.449. The molecule has 10 heavy (non-hydrogen) atoms. The van der Waals surface area contributed by atoms with Gasteiger partial charge in [0.25, 0.3) is 0 Å². The highest BCUT2D eigenvalue weighted by Crippen LogP contribution is 1.83. The summed E-state index contributed by atoms with van der Waals surface area (Å²) in [4.78, 5) is 10.7. The van der Waals surface area contributed by atoms with Gasteiger partial charge in [0.05, 0.1) is 0 Å². The minimum absolute atomic E-state index is 0.0240. The highest BCUT2D eigenvalue weighted by molar-refractivity contribution is 5.75. The first-order valence-corrected chi connectivity index (χ1v) is 3.76. The van der Waals surface area contributed by atoms with Gasteiger partial charge in [-0.1, -0.05) is 13.8 Å². The highest BCUT2D eigenvalue weighted by Gasteiger charge is 1.95. The lowest BCUT2D eigenvalue weighted by Crippen LogP contribution is -2.31. The summed E-state index contributed by atoms with van der Waals surface area (Å²) in [5, 5.41) is 0. The zero-order valence-electron chi connectivity index (χ0n) is 6.68. The fourth-order valence-electron chi connectivity index (χ4n) is 0.539. The molecule has 0 aliphatic heterocycles. The van der Waals surface area contributed by atoms with Crippen LogP contribution < -0.4 is 10.9 Å². The summed E-state index contributed by atoms with van der Waals surface area (Å²) in [6.45, 7) is 4.71. The van der Waals surface area contributed by atoms with Crippen LogP contribution in [0.2, 0.25) is 0 Å². The number of nitrogens with one attached hydrogen (secondary N) is 1. The first-order valence-electron chi connectivity index (χ1n) is 3.76. The van der Waals surface area contributed by atoms with Gasteiger partial charge in [-0.05, 0) is 12.8 Å². The summed E-state index contributed by atoms with van der Waals surface area (Å²) in [7, 11) is 0. The summed E-state index contributed by atoms with van der Waals surface area (Å²) in [5.41, 5.74) is 6.28. The van der Waals surface area contributed by atoms with Crippen molar-refractivity contribution in [2.75, 3.05) is 6.54 Å². The second-order valence-electron chi connectivity index (χ2n) is 2.17. The molecule has 0 aliphatic rings. The Morgan fingerprint density at radius 1 is 1.40 bits per heavy atom. The Morgan fingerprint density at radius 2 is 2.10 bits per heavy atom. The zero-order valence-corrected chi connectivity index (χ0v) is 6.68. The van der Waals surface area contributed by atoms with Gasteiger partial charge in [-0.2, -0.15) is 0 Å². The molecule has 3 nitrogen and oxygen atoms in total. The first kappa shape index (κ1) is 9.43. The van der Waals surface area contributed by atoms with Gasteiger partial charge in [-0.15, -0.1) is 5.43 Å². The van der Waals surface area contributed by atoms with Crippen molar-refractivity contribution in [1.82, 2.24) is 10.9 Å². The van der Waals surface area contributed by atoms with Crippen LogP contribution in [0.15, 0.2) is 0 Å². The third-order valence-corrected chi connectivity index (χ3v) is 1.02. The van der Waals surface area contributed by atoms with E-state index in [2.05, 4.69) is 10.9 Å². The van der Waals surface area contributed by atoms with Crippen LogP contribution in [-0.2, 0) is 4.79 Å². The lowest BCUT2D eigenvalue weighted by Gasteiger charge is -2.00. The van der Waals surface area contributed by atoms with Crippen LogP contribution in [0.1, 0.15) is 33.1 Å². The molecule has 0 saturated carbocycles. The molecule has 0 bridgehead atoms. The maximum Gasteiger partial charge on any atom is 0.235 e. The Kier molecular flexibility index (Phi) is 6.18. The Bertz CT molecular complexity index is 93.6. The van der Waals surface area contributed by atoms with Gasteiger partial charge < -0.3 is 0 Å². The van der Waals surface area contributed by atoms with Gasteiger partial charge in [-0.25, -0.2) is 0 Å². The van der Waals surface area contributed by atoms with Crippen molar-refractivity contribution in [3.63, 3.8) is 0 Å². The maximum atomic E-state index is 10.7. The molecule has 1 radical (unpaired) electrons. The normalized spacial score (nSPS) is 9.40. The Labute approximate surface area is 62.2 Å². The number of rotatable bonds is 5. The molecule has 0 atom stereocenters. The van der Waals surface area contributed by atoms with Gasteiger partial charge in [0, 0.05) is 13.0 Å². The topological polar surface area (TPSA) is 43.2 Å². The van der Waals surface area contributed by atoms with Crippen LogP contribution in [-0.4, -0.2) is 12.5 Å². The van der Waals surface area contributed by atoms with E-state index in [9.17, 15) is 4.79 Å². The van der Waals surface area contributed by atoms with Gasteiger partial charge in [0.1, 0.15) is 0 Å². The fourth-order valence-corrected chi connectivity index (χ4v) is 0.539. The lowest BCUT2D eigenvalue weighted by molar-refractivity contribution is -0.122. The first-order chi connectivity index (χ1) is 4.81. The van der Waals surface area contributed by atoms with Crippen LogP contribution in [0.5, 0.6) is 0 Å². The predicted molar refractivity (Wildman–Crippen MR) is 40.3 cm³/mol. The van der Waals surface area contributed by atoms with Crippen molar-refractivity contribution in [3.8, 4) is 0 Å². The molecule has 0 aliphatic carbocycles. The number of hydrogen-bond donors (Lipinski definition) is 1. The van der Waals surface area contributed by atoms with E-state index in [0.29, 0.717) is 6.42 Å². The molecular formula is C7H15N2O. The van der Waals surface area contributed by atoms with E-state index in [4.69, 9.17) is 0 Å². The average molecular weight is 143 g/mol. The largest absolute Gasteiger partial charge is 0.274 e. The lowest BCUT2D eigenvalue weighted by atomic mass is 10.3. The molecule has 0 saturated heterocycles. The maximum absolute atomic E-state index is 10.7. The van der Waals surface area contributed by atoms with Gasteiger partial charge in [0.15, 0.2) is 0 Å². The van der Waals surface area contributed by atoms with E-state index < -0.39 is 0 Å². The van der Waals surface area contributed by atoms with Crippen molar-refractivity contribution >= 4 is 5.91 Å². The number of carbonyl (C=O) groups excluding carboxylic acids is 1. The SMILES string of the molecule is CCC[N]NC(=O)CCC. The highest BCUT2D eigenvalue weighted by atomic mass is 16.2. The molecule has 0 rings (SSSR count). The molecule has 0 spiro atoms. The molecule has 1 N–H and O–H groups in total. The van der Waals surface area contributed by atoms with Crippen molar-refractivity contribution in [1.29, 1.82) is 0 Å². The molecule has 0 aromatic heterocycles. The van der Waals surface area contributed by atoms with Crippen LogP contribution >= 0.6 is 0 Å². The Balaban J connectivity index is 3.05. The second kappa shape index (κ2) is 6.55. The molecule has 0 aromatic carbocycles. The summed E-state index contributed by atoms with van der Waals surface area (Å²) >= 11 is 0.